The molecule has 1 fully saturated rings. The molecule has 0 unspecified atom stereocenters. The minimum Gasteiger partial charge on any atom is -0.394 e. The predicted molar refractivity (Wildman–Crippen MR) is 72.9 cm³/mol. The molecule has 1 aliphatic rings. The van der Waals surface area contributed by atoms with Crippen molar-refractivity contribution in [3.63, 3.8) is 0 Å². The third-order valence-corrected chi connectivity index (χ3v) is 3.68. The minimum absolute atomic E-state index is 0.00272. The van der Waals surface area contributed by atoms with Gasteiger partial charge < -0.3 is 14.7 Å². The molecule has 1 saturated heterocycles. The summed E-state index contributed by atoms with van der Waals surface area (Å²) in [6, 6.07) is 8.86. The topological polar surface area (TPSA) is 73.6 Å². The Bertz CT molecular complexity index is 507. The van der Waals surface area contributed by atoms with Gasteiger partial charge in [0.1, 0.15) is 0 Å². The van der Waals surface area contributed by atoms with Crippen molar-refractivity contribution in [1.29, 1.82) is 5.26 Å². The van der Waals surface area contributed by atoms with E-state index in [2.05, 4.69) is 0 Å². The summed E-state index contributed by atoms with van der Waals surface area (Å²) in [5, 5.41) is 18.1. The van der Waals surface area contributed by atoms with Gasteiger partial charge in [-0.3, -0.25) is 4.79 Å². The predicted octanol–water partition coefficient (Wildman–Crippen LogP) is 0.709. The number of nitrogens with zero attached hydrogens (tertiary/aromatic N) is 2. The van der Waals surface area contributed by atoms with Crippen LogP contribution in [0.1, 0.15) is 17.5 Å². The van der Waals surface area contributed by atoms with Crippen LogP contribution in [-0.4, -0.2) is 48.3 Å². The second kappa shape index (κ2) is 6.51. The van der Waals surface area contributed by atoms with E-state index in [1.807, 2.05) is 6.07 Å². The largest absolute Gasteiger partial charge is 0.394 e. The molecule has 1 N–H and O–H groups in total. The van der Waals surface area contributed by atoms with Crippen molar-refractivity contribution in [2.45, 2.75) is 25.0 Å². The van der Waals surface area contributed by atoms with Crippen LogP contribution in [0.3, 0.4) is 0 Å². The molecule has 2 rings (SSSR count). The molecule has 0 spiro atoms. The van der Waals surface area contributed by atoms with Crippen LogP contribution in [0.4, 0.5) is 0 Å². The normalized spacial score (nSPS) is 21.8. The molecule has 0 bridgehead atoms. The highest BCUT2D eigenvalue weighted by Gasteiger charge is 2.34. The van der Waals surface area contributed by atoms with Crippen LogP contribution in [0.2, 0.25) is 0 Å². The second-order valence-electron chi connectivity index (χ2n) is 4.96. The Morgan fingerprint density at radius 2 is 2.20 bits per heavy atom. The average Bonchev–Trinajstić information content (AvgIpc) is 2.91. The molecule has 0 radical (unpaired) electrons. The molecular formula is C15H18N2O3. The third kappa shape index (κ3) is 3.16. The molecule has 20 heavy (non-hydrogen) atoms. The first kappa shape index (κ1) is 14.5. The van der Waals surface area contributed by atoms with Gasteiger partial charge in [0.05, 0.1) is 36.8 Å². The first-order valence-electron chi connectivity index (χ1n) is 6.60. The Morgan fingerprint density at radius 3 is 2.75 bits per heavy atom. The van der Waals surface area contributed by atoms with Gasteiger partial charge in [0, 0.05) is 13.7 Å². The van der Waals surface area contributed by atoms with Crippen molar-refractivity contribution in [2.24, 2.45) is 0 Å². The molecule has 1 amide bonds. The number of carbonyl (C=O) groups excluding carboxylic acids is 1. The van der Waals surface area contributed by atoms with E-state index < -0.39 is 0 Å². The standard InChI is InChI=1S/C15H18N2O3/c1-20-14-7-13(10-18)17(9-14)15(19)6-11-2-4-12(8-16)5-3-11/h2-5,13-14,18H,6-7,9-10H2,1H3/t13-,14-/m0/s1. The Hall–Kier alpha value is -1.90. The fourth-order valence-corrected chi connectivity index (χ4v) is 2.50. The first-order chi connectivity index (χ1) is 9.67. The number of likely N-dealkylation sites (tertiary alicyclic amines) is 1. The number of amides is 1. The van der Waals surface area contributed by atoms with Crippen LogP contribution in [0.5, 0.6) is 0 Å². The van der Waals surface area contributed by atoms with Gasteiger partial charge in [-0.05, 0) is 24.1 Å². The molecule has 106 valence electrons. The summed E-state index contributed by atoms with van der Waals surface area (Å²) in [5.74, 6) is -0.0201. The number of benzene rings is 1. The monoisotopic (exact) mass is 274 g/mol. The van der Waals surface area contributed by atoms with E-state index in [9.17, 15) is 9.90 Å². The number of aliphatic hydroxyl groups is 1. The van der Waals surface area contributed by atoms with Crippen LogP contribution in [0.25, 0.3) is 0 Å². The molecule has 2 atom stereocenters. The summed E-state index contributed by atoms with van der Waals surface area (Å²) < 4.78 is 5.26. The summed E-state index contributed by atoms with van der Waals surface area (Å²) in [6.45, 7) is 0.482. The Morgan fingerprint density at radius 1 is 1.50 bits per heavy atom. The van der Waals surface area contributed by atoms with Gasteiger partial charge in [-0.15, -0.1) is 0 Å². The molecular weight excluding hydrogens is 256 g/mol. The van der Waals surface area contributed by atoms with Crippen molar-refractivity contribution >= 4 is 5.91 Å². The number of hydrogen-bond donors (Lipinski definition) is 1. The molecule has 1 aliphatic heterocycles. The lowest BCUT2D eigenvalue weighted by molar-refractivity contribution is -0.132. The number of carbonyl (C=O) groups is 1. The minimum atomic E-state index is -0.161. The van der Waals surface area contributed by atoms with E-state index in [-0.39, 0.29) is 31.1 Å². The maximum atomic E-state index is 12.3. The van der Waals surface area contributed by atoms with E-state index in [0.29, 0.717) is 18.5 Å². The Labute approximate surface area is 118 Å². The quantitative estimate of drug-likeness (QED) is 0.877. The average molecular weight is 274 g/mol. The molecule has 1 heterocycles. The van der Waals surface area contributed by atoms with E-state index in [1.165, 1.54) is 0 Å². The van der Waals surface area contributed by atoms with Crippen LogP contribution in [0.15, 0.2) is 24.3 Å². The van der Waals surface area contributed by atoms with Gasteiger partial charge in [0.15, 0.2) is 0 Å². The summed E-state index contributed by atoms with van der Waals surface area (Å²) in [7, 11) is 1.62. The first-order valence-corrected chi connectivity index (χ1v) is 6.60. The zero-order valence-electron chi connectivity index (χ0n) is 11.5. The fraction of sp³-hybridized carbons (Fsp3) is 0.467. The van der Waals surface area contributed by atoms with Crippen LogP contribution in [0, 0.1) is 11.3 Å². The summed E-state index contributed by atoms with van der Waals surface area (Å²) in [6.07, 6.45) is 0.946. The van der Waals surface area contributed by atoms with Crippen LogP contribution in [-0.2, 0) is 16.0 Å². The van der Waals surface area contributed by atoms with Gasteiger partial charge in [0.25, 0.3) is 0 Å². The number of aliphatic hydroxyl groups excluding tert-OH is 1. The Kier molecular flexibility index (Phi) is 4.72. The van der Waals surface area contributed by atoms with Gasteiger partial charge in [-0.1, -0.05) is 12.1 Å². The van der Waals surface area contributed by atoms with Gasteiger partial charge in [-0.25, -0.2) is 0 Å². The zero-order valence-corrected chi connectivity index (χ0v) is 11.5. The van der Waals surface area contributed by atoms with Crippen LogP contribution >= 0.6 is 0 Å². The number of rotatable bonds is 4. The van der Waals surface area contributed by atoms with Crippen LogP contribution < -0.4 is 0 Å². The van der Waals surface area contributed by atoms with Crippen molar-refractivity contribution in [2.75, 3.05) is 20.3 Å². The third-order valence-electron chi connectivity index (χ3n) is 3.68. The summed E-state index contributed by atoms with van der Waals surface area (Å²) in [4.78, 5) is 14.0. The number of ether oxygens (including phenoxy) is 1. The highest BCUT2D eigenvalue weighted by atomic mass is 16.5. The van der Waals surface area contributed by atoms with Crippen molar-refractivity contribution in [1.82, 2.24) is 4.90 Å². The fourth-order valence-electron chi connectivity index (χ4n) is 2.50. The van der Waals surface area contributed by atoms with Gasteiger partial charge in [0.2, 0.25) is 5.91 Å². The number of hydrogen-bond acceptors (Lipinski definition) is 4. The molecule has 5 nitrogen and oxygen atoms in total. The number of methoxy groups -OCH3 is 1. The SMILES string of the molecule is CO[C@H]1C[C@@H](CO)N(C(=O)Cc2ccc(C#N)cc2)C1. The van der Waals surface area contributed by atoms with Gasteiger partial charge in [-0.2, -0.15) is 5.26 Å². The zero-order chi connectivity index (χ0) is 14.5. The number of nitriles is 1. The van der Waals surface area contributed by atoms with Crippen molar-refractivity contribution < 1.29 is 14.6 Å². The van der Waals surface area contributed by atoms with E-state index in [1.54, 1.807) is 36.3 Å². The molecule has 0 aliphatic carbocycles. The Balaban J connectivity index is 2.01. The molecule has 1 aromatic carbocycles. The van der Waals surface area contributed by atoms with E-state index in [4.69, 9.17) is 10.00 Å². The van der Waals surface area contributed by atoms with E-state index >= 15 is 0 Å². The lowest BCUT2D eigenvalue weighted by atomic mass is 10.1. The van der Waals surface area contributed by atoms with Crippen molar-refractivity contribution in [3.05, 3.63) is 35.4 Å². The maximum absolute atomic E-state index is 12.3. The lowest BCUT2D eigenvalue weighted by Crippen LogP contribution is -2.38. The summed E-state index contributed by atoms with van der Waals surface area (Å²) in [5.41, 5.74) is 1.45. The van der Waals surface area contributed by atoms with Gasteiger partial charge >= 0.3 is 0 Å². The lowest BCUT2D eigenvalue weighted by Gasteiger charge is -2.22. The molecule has 5 heteroatoms. The van der Waals surface area contributed by atoms with Crippen molar-refractivity contribution in [3.8, 4) is 6.07 Å². The smallest absolute Gasteiger partial charge is 0.227 e. The highest BCUT2D eigenvalue weighted by molar-refractivity contribution is 5.79. The molecule has 1 aromatic rings. The molecule has 0 saturated carbocycles. The molecule has 0 aromatic heterocycles. The maximum Gasteiger partial charge on any atom is 0.227 e. The van der Waals surface area contributed by atoms with E-state index in [0.717, 1.165) is 5.56 Å². The second-order valence-corrected chi connectivity index (χ2v) is 4.96. The highest BCUT2D eigenvalue weighted by Crippen LogP contribution is 2.21. The summed E-state index contributed by atoms with van der Waals surface area (Å²) >= 11 is 0.